The fourth-order valence-electron chi connectivity index (χ4n) is 0.805. The fraction of sp³-hybridized carbons (Fsp3) is 0. The second-order valence-electron chi connectivity index (χ2n) is 2.20. The molecule has 0 saturated carbocycles. The predicted octanol–water partition coefficient (Wildman–Crippen LogP) is 1.99. The van der Waals surface area contributed by atoms with Gasteiger partial charge in [0.2, 0.25) is 5.90 Å². The molecule has 0 bridgehead atoms. The molecule has 0 amide bonds. The molecule has 0 saturated heterocycles. The Morgan fingerprint density at radius 3 is 2.36 bits per heavy atom. The SMILES string of the molecule is C1=CC(Oc2ccccc2)=N1. The van der Waals surface area contributed by atoms with Gasteiger partial charge in [-0.05, 0) is 12.1 Å². The molecule has 0 aromatic heterocycles. The van der Waals surface area contributed by atoms with Crippen molar-refractivity contribution in [1.82, 2.24) is 0 Å². The van der Waals surface area contributed by atoms with E-state index in [2.05, 4.69) is 4.99 Å². The van der Waals surface area contributed by atoms with Gasteiger partial charge in [0.1, 0.15) is 5.75 Å². The van der Waals surface area contributed by atoms with Crippen LogP contribution in [0.25, 0.3) is 0 Å². The van der Waals surface area contributed by atoms with Crippen LogP contribution in [0.4, 0.5) is 0 Å². The zero-order valence-corrected chi connectivity index (χ0v) is 5.90. The van der Waals surface area contributed by atoms with Gasteiger partial charge < -0.3 is 4.74 Å². The fourth-order valence-corrected chi connectivity index (χ4v) is 0.805. The number of rotatable bonds is 1. The maximum atomic E-state index is 5.31. The van der Waals surface area contributed by atoms with Gasteiger partial charge in [-0.15, -0.1) is 0 Å². The van der Waals surface area contributed by atoms with E-state index in [0.717, 1.165) is 5.75 Å². The Hall–Kier alpha value is -1.57. The molecule has 0 spiro atoms. The molecule has 1 aliphatic heterocycles. The Balaban J connectivity index is 2.07. The summed E-state index contributed by atoms with van der Waals surface area (Å²) in [6.07, 6.45) is 3.53. The Morgan fingerprint density at radius 2 is 1.82 bits per heavy atom. The highest BCUT2D eigenvalue weighted by atomic mass is 16.5. The average molecular weight is 145 g/mol. The van der Waals surface area contributed by atoms with Gasteiger partial charge >= 0.3 is 0 Å². The topological polar surface area (TPSA) is 21.6 Å². The van der Waals surface area contributed by atoms with E-state index >= 15 is 0 Å². The van der Waals surface area contributed by atoms with Crippen molar-refractivity contribution in [3.8, 4) is 5.75 Å². The van der Waals surface area contributed by atoms with Gasteiger partial charge in [-0.25, -0.2) is 4.99 Å². The highest BCUT2D eigenvalue weighted by Gasteiger charge is 2.01. The van der Waals surface area contributed by atoms with Crippen LogP contribution in [-0.2, 0) is 0 Å². The maximum absolute atomic E-state index is 5.31. The molecular weight excluding hydrogens is 138 g/mol. The third kappa shape index (κ3) is 1.29. The zero-order valence-electron chi connectivity index (χ0n) is 5.90. The summed E-state index contributed by atoms with van der Waals surface area (Å²) in [5.41, 5.74) is 0. The van der Waals surface area contributed by atoms with Crippen molar-refractivity contribution in [2.75, 3.05) is 0 Å². The van der Waals surface area contributed by atoms with E-state index in [-0.39, 0.29) is 0 Å². The van der Waals surface area contributed by atoms with E-state index in [4.69, 9.17) is 4.74 Å². The van der Waals surface area contributed by atoms with Crippen LogP contribution in [0.3, 0.4) is 0 Å². The van der Waals surface area contributed by atoms with Crippen molar-refractivity contribution in [2.24, 2.45) is 4.99 Å². The van der Waals surface area contributed by atoms with Crippen LogP contribution < -0.4 is 4.74 Å². The van der Waals surface area contributed by atoms with Crippen LogP contribution in [0.2, 0.25) is 0 Å². The molecule has 0 radical (unpaired) electrons. The summed E-state index contributed by atoms with van der Waals surface area (Å²) in [4.78, 5) is 3.88. The van der Waals surface area contributed by atoms with Crippen molar-refractivity contribution >= 4 is 5.90 Å². The summed E-state index contributed by atoms with van der Waals surface area (Å²) in [6, 6.07) is 9.60. The second-order valence-corrected chi connectivity index (χ2v) is 2.20. The molecule has 0 fully saturated rings. The summed E-state index contributed by atoms with van der Waals surface area (Å²) in [7, 11) is 0. The van der Waals surface area contributed by atoms with E-state index in [0.29, 0.717) is 5.90 Å². The van der Waals surface area contributed by atoms with E-state index in [9.17, 15) is 0 Å². The van der Waals surface area contributed by atoms with E-state index in [1.807, 2.05) is 36.4 Å². The van der Waals surface area contributed by atoms with Crippen LogP contribution in [0, 0.1) is 0 Å². The van der Waals surface area contributed by atoms with Gasteiger partial charge in [-0.1, -0.05) is 18.2 Å². The maximum Gasteiger partial charge on any atom is 0.220 e. The zero-order chi connectivity index (χ0) is 7.52. The monoisotopic (exact) mass is 145 g/mol. The number of nitrogens with zero attached hydrogens (tertiary/aromatic N) is 1. The standard InChI is InChI=1S/C9H7NO/c1-2-4-8(5-3-1)11-9-6-7-10-9/h1-7H. The van der Waals surface area contributed by atoms with Gasteiger partial charge in [0.25, 0.3) is 0 Å². The normalized spacial score (nSPS) is 13.6. The molecule has 0 aliphatic carbocycles. The Bertz CT molecular complexity index is 301. The molecule has 2 rings (SSSR count). The molecule has 0 unspecified atom stereocenters. The summed E-state index contributed by atoms with van der Waals surface area (Å²) in [6.45, 7) is 0. The molecule has 1 aliphatic rings. The van der Waals surface area contributed by atoms with Crippen LogP contribution in [0.5, 0.6) is 5.75 Å². The molecule has 0 N–H and O–H groups in total. The lowest BCUT2D eigenvalue weighted by molar-refractivity contribution is 0.551. The molecule has 11 heavy (non-hydrogen) atoms. The van der Waals surface area contributed by atoms with Crippen molar-refractivity contribution in [2.45, 2.75) is 0 Å². The number of hydrogen-bond donors (Lipinski definition) is 0. The van der Waals surface area contributed by atoms with Crippen molar-refractivity contribution < 1.29 is 4.74 Å². The van der Waals surface area contributed by atoms with E-state index in [1.165, 1.54) is 0 Å². The first-order valence-electron chi connectivity index (χ1n) is 3.42. The first-order valence-corrected chi connectivity index (χ1v) is 3.42. The summed E-state index contributed by atoms with van der Waals surface area (Å²) in [5.74, 6) is 1.51. The second kappa shape index (κ2) is 2.58. The lowest BCUT2D eigenvalue weighted by Gasteiger charge is -2.06. The molecule has 1 heterocycles. The van der Waals surface area contributed by atoms with Crippen LogP contribution >= 0.6 is 0 Å². The smallest absolute Gasteiger partial charge is 0.220 e. The first-order chi connectivity index (χ1) is 5.45. The quantitative estimate of drug-likeness (QED) is 0.592. The van der Waals surface area contributed by atoms with Gasteiger partial charge in [0, 0.05) is 12.3 Å². The number of benzene rings is 1. The van der Waals surface area contributed by atoms with E-state index in [1.54, 1.807) is 6.20 Å². The van der Waals surface area contributed by atoms with Crippen LogP contribution in [0.15, 0.2) is 47.6 Å². The highest BCUT2D eigenvalue weighted by molar-refractivity contribution is 5.94. The minimum Gasteiger partial charge on any atom is -0.439 e. The Labute approximate surface area is 64.8 Å². The summed E-state index contributed by atoms with van der Waals surface area (Å²) in [5, 5.41) is 0. The molecule has 2 nitrogen and oxygen atoms in total. The first kappa shape index (κ1) is 6.16. The van der Waals surface area contributed by atoms with Gasteiger partial charge in [0.05, 0.1) is 0 Å². The van der Waals surface area contributed by atoms with E-state index < -0.39 is 0 Å². The van der Waals surface area contributed by atoms with Crippen molar-refractivity contribution in [3.63, 3.8) is 0 Å². The minimum atomic E-state index is 0.677. The Kier molecular flexibility index (Phi) is 1.44. The van der Waals surface area contributed by atoms with Crippen LogP contribution in [0.1, 0.15) is 0 Å². The van der Waals surface area contributed by atoms with Crippen LogP contribution in [-0.4, -0.2) is 5.90 Å². The number of ether oxygens (including phenoxy) is 1. The molecule has 2 heteroatoms. The van der Waals surface area contributed by atoms with Crippen molar-refractivity contribution in [3.05, 3.63) is 42.6 Å². The lowest BCUT2D eigenvalue weighted by Crippen LogP contribution is -2.08. The number of aliphatic imine (C=N–C) groups is 1. The average Bonchev–Trinajstić information content (AvgIpc) is 1.99. The van der Waals surface area contributed by atoms with Gasteiger partial charge in [-0.2, -0.15) is 0 Å². The molecule has 0 atom stereocenters. The lowest BCUT2D eigenvalue weighted by atomic mass is 10.3. The minimum absolute atomic E-state index is 0.677. The third-order valence-corrected chi connectivity index (χ3v) is 1.38. The molecule has 1 aromatic rings. The number of hydrogen-bond acceptors (Lipinski definition) is 2. The largest absolute Gasteiger partial charge is 0.439 e. The predicted molar refractivity (Wildman–Crippen MR) is 43.6 cm³/mol. The summed E-state index contributed by atoms with van der Waals surface area (Å²) >= 11 is 0. The molecule has 1 aromatic carbocycles. The van der Waals surface area contributed by atoms with Crippen molar-refractivity contribution in [1.29, 1.82) is 0 Å². The van der Waals surface area contributed by atoms with Gasteiger partial charge in [0.15, 0.2) is 0 Å². The molecule has 54 valence electrons. The third-order valence-electron chi connectivity index (χ3n) is 1.38. The van der Waals surface area contributed by atoms with Gasteiger partial charge in [-0.3, -0.25) is 0 Å². The highest BCUT2D eigenvalue weighted by Crippen LogP contribution is 2.11. The molecular formula is C9H7NO. The summed E-state index contributed by atoms with van der Waals surface area (Å²) < 4.78 is 5.31. The number of para-hydroxylation sites is 1. The Morgan fingerprint density at radius 1 is 1.09 bits per heavy atom.